The monoisotopic (exact) mass is 299 g/mol. The van der Waals surface area contributed by atoms with Crippen molar-refractivity contribution < 1.29 is 14.4 Å². The summed E-state index contributed by atoms with van der Waals surface area (Å²) in [5.74, 6) is -1.35. The van der Waals surface area contributed by atoms with Crippen LogP contribution in [0.4, 0.5) is 4.79 Å². The second-order valence-corrected chi connectivity index (χ2v) is 6.13. The van der Waals surface area contributed by atoms with Crippen molar-refractivity contribution >= 4 is 17.8 Å². The minimum atomic E-state index is -0.684. The number of rotatable bonds is 3. The second-order valence-electron chi connectivity index (χ2n) is 6.13. The third-order valence-corrected chi connectivity index (χ3v) is 4.55. The van der Waals surface area contributed by atoms with Gasteiger partial charge in [-0.3, -0.25) is 19.4 Å². The first-order chi connectivity index (χ1) is 10.6. The third kappa shape index (κ3) is 2.11. The molecule has 4 amide bonds. The number of carbonyl (C=O) groups excluding carboxylic acids is 3. The number of urea groups is 1. The fourth-order valence-electron chi connectivity index (χ4n) is 3.18. The normalized spacial score (nSPS) is 22.5. The Balaban J connectivity index is 1.49. The fraction of sp³-hybridized carbons (Fsp3) is 0.438. The molecule has 2 aliphatic heterocycles. The molecule has 1 aromatic carbocycles. The van der Waals surface area contributed by atoms with Crippen LogP contribution < -0.4 is 0 Å². The second kappa shape index (κ2) is 4.91. The molecule has 1 saturated heterocycles. The zero-order valence-electron chi connectivity index (χ0n) is 12.2. The Bertz CT molecular complexity index is 668. The molecule has 22 heavy (non-hydrogen) atoms. The third-order valence-electron chi connectivity index (χ3n) is 4.55. The quantitative estimate of drug-likeness (QED) is 0.616. The molecule has 0 spiro atoms. The Kier molecular flexibility index (Phi) is 3.00. The lowest BCUT2D eigenvalue weighted by molar-refractivity contribution is -0.144. The Labute approximate surface area is 128 Å². The first kappa shape index (κ1) is 13.5. The predicted molar refractivity (Wildman–Crippen MR) is 77.5 cm³/mol. The van der Waals surface area contributed by atoms with Crippen molar-refractivity contribution in [3.8, 4) is 0 Å². The summed E-state index contributed by atoms with van der Waals surface area (Å²) in [5, 5.41) is 0. The molecule has 0 radical (unpaired) electrons. The van der Waals surface area contributed by atoms with E-state index in [1.807, 2.05) is 17.0 Å². The van der Waals surface area contributed by atoms with Gasteiger partial charge in [-0.2, -0.15) is 0 Å². The number of imide groups is 2. The van der Waals surface area contributed by atoms with Crippen molar-refractivity contribution in [2.45, 2.75) is 31.8 Å². The van der Waals surface area contributed by atoms with Gasteiger partial charge < -0.3 is 0 Å². The van der Waals surface area contributed by atoms with Gasteiger partial charge in [0, 0.05) is 19.1 Å². The number of hydrogen-bond acceptors (Lipinski definition) is 4. The van der Waals surface area contributed by atoms with Crippen molar-refractivity contribution in [3.05, 3.63) is 35.4 Å². The first-order valence-electron chi connectivity index (χ1n) is 7.63. The van der Waals surface area contributed by atoms with Crippen molar-refractivity contribution in [1.82, 2.24) is 14.7 Å². The molecule has 0 aromatic heterocycles. The maximum atomic E-state index is 12.3. The molecule has 6 heteroatoms. The van der Waals surface area contributed by atoms with Gasteiger partial charge >= 0.3 is 17.8 Å². The number of amides is 4. The number of hydrogen-bond donors (Lipinski definition) is 0. The van der Waals surface area contributed by atoms with Crippen LogP contribution in [-0.4, -0.2) is 51.8 Å². The topological polar surface area (TPSA) is 60.9 Å². The van der Waals surface area contributed by atoms with E-state index in [2.05, 4.69) is 12.1 Å². The zero-order chi connectivity index (χ0) is 15.3. The highest BCUT2D eigenvalue weighted by Crippen LogP contribution is 2.31. The van der Waals surface area contributed by atoms with Gasteiger partial charge in [-0.15, -0.1) is 0 Å². The van der Waals surface area contributed by atoms with Crippen molar-refractivity contribution in [3.63, 3.8) is 0 Å². The molecule has 0 N–H and O–H groups in total. The van der Waals surface area contributed by atoms with E-state index in [1.54, 1.807) is 0 Å². The summed E-state index contributed by atoms with van der Waals surface area (Å²) < 4.78 is 0. The summed E-state index contributed by atoms with van der Waals surface area (Å²) in [6.07, 6.45) is 2.53. The highest BCUT2D eigenvalue weighted by molar-refractivity contribution is 6.44. The molecule has 0 unspecified atom stereocenters. The standard InChI is InChI=1S/C16H17N3O3/c20-14-15(21)19(13-5-6-13)16(22)18(14)10-17-8-7-11-3-1-2-4-12(11)9-17/h1-4,13H,5-10H2. The smallest absolute Gasteiger partial charge is 0.281 e. The van der Waals surface area contributed by atoms with E-state index < -0.39 is 17.8 Å². The Morgan fingerprint density at radius 2 is 1.73 bits per heavy atom. The molecule has 114 valence electrons. The van der Waals surface area contributed by atoms with Gasteiger partial charge in [-0.25, -0.2) is 9.69 Å². The fourth-order valence-corrected chi connectivity index (χ4v) is 3.18. The van der Waals surface area contributed by atoms with Gasteiger partial charge in [0.1, 0.15) is 0 Å². The summed E-state index contributed by atoms with van der Waals surface area (Å²) in [6.45, 7) is 1.68. The highest BCUT2D eigenvalue weighted by Gasteiger charge is 2.50. The van der Waals surface area contributed by atoms with Gasteiger partial charge in [-0.1, -0.05) is 24.3 Å². The highest BCUT2D eigenvalue weighted by atomic mass is 16.2. The molecule has 3 aliphatic rings. The lowest BCUT2D eigenvalue weighted by atomic mass is 10.0. The molecule has 0 bridgehead atoms. The van der Waals surface area contributed by atoms with E-state index in [1.165, 1.54) is 11.1 Å². The van der Waals surface area contributed by atoms with Crippen LogP contribution in [0.5, 0.6) is 0 Å². The van der Waals surface area contributed by atoms with Gasteiger partial charge in [0.25, 0.3) is 0 Å². The van der Waals surface area contributed by atoms with Crippen molar-refractivity contribution in [1.29, 1.82) is 0 Å². The van der Waals surface area contributed by atoms with E-state index >= 15 is 0 Å². The van der Waals surface area contributed by atoms with E-state index in [-0.39, 0.29) is 12.7 Å². The largest absolute Gasteiger partial charge is 0.335 e. The lowest BCUT2D eigenvalue weighted by Crippen LogP contribution is -2.44. The maximum absolute atomic E-state index is 12.3. The van der Waals surface area contributed by atoms with Crippen molar-refractivity contribution in [2.75, 3.05) is 13.2 Å². The summed E-state index contributed by atoms with van der Waals surface area (Å²) in [4.78, 5) is 40.6. The molecule has 1 aromatic rings. The van der Waals surface area contributed by atoms with Crippen LogP contribution in [0, 0.1) is 0 Å². The van der Waals surface area contributed by atoms with Gasteiger partial charge in [0.2, 0.25) is 0 Å². The molecule has 6 nitrogen and oxygen atoms in total. The van der Waals surface area contributed by atoms with Crippen LogP contribution in [0.1, 0.15) is 24.0 Å². The molecule has 2 fully saturated rings. The minimum absolute atomic E-state index is 0.0592. The van der Waals surface area contributed by atoms with Crippen LogP contribution in [-0.2, 0) is 22.6 Å². The number of fused-ring (bicyclic) bond motifs is 1. The number of nitrogens with zero attached hydrogens (tertiary/aromatic N) is 3. The van der Waals surface area contributed by atoms with Crippen LogP contribution in [0.2, 0.25) is 0 Å². The molecule has 1 aliphatic carbocycles. The lowest BCUT2D eigenvalue weighted by Gasteiger charge is -2.30. The molecule has 1 saturated carbocycles. The van der Waals surface area contributed by atoms with E-state index in [0.717, 1.165) is 35.6 Å². The predicted octanol–water partition coefficient (Wildman–Crippen LogP) is 0.955. The summed E-state index contributed by atoms with van der Waals surface area (Å²) >= 11 is 0. The van der Waals surface area contributed by atoms with Crippen LogP contribution in [0.3, 0.4) is 0 Å². The van der Waals surface area contributed by atoms with E-state index in [0.29, 0.717) is 6.54 Å². The Morgan fingerprint density at radius 3 is 2.45 bits per heavy atom. The van der Waals surface area contributed by atoms with E-state index in [4.69, 9.17) is 0 Å². The molecule has 4 rings (SSSR count). The van der Waals surface area contributed by atoms with Crippen molar-refractivity contribution in [2.24, 2.45) is 0 Å². The Morgan fingerprint density at radius 1 is 1.00 bits per heavy atom. The Hall–Kier alpha value is -2.21. The van der Waals surface area contributed by atoms with Gasteiger partial charge in [0.05, 0.1) is 6.67 Å². The van der Waals surface area contributed by atoms with Gasteiger partial charge in [-0.05, 0) is 30.4 Å². The zero-order valence-corrected chi connectivity index (χ0v) is 12.2. The van der Waals surface area contributed by atoms with Crippen LogP contribution in [0.15, 0.2) is 24.3 Å². The molecule has 0 atom stereocenters. The minimum Gasteiger partial charge on any atom is -0.281 e. The average Bonchev–Trinajstić information content (AvgIpc) is 3.33. The van der Waals surface area contributed by atoms with Crippen LogP contribution >= 0.6 is 0 Å². The average molecular weight is 299 g/mol. The maximum Gasteiger partial charge on any atom is 0.335 e. The summed E-state index contributed by atoms with van der Waals surface area (Å²) in [5.41, 5.74) is 2.53. The van der Waals surface area contributed by atoms with Gasteiger partial charge in [0.15, 0.2) is 0 Å². The molecular weight excluding hydrogens is 282 g/mol. The number of carbonyl (C=O) groups is 3. The summed E-state index contributed by atoms with van der Waals surface area (Å²) in [6, 6.07) is 7.68. The first-order valence-corrected chi connectivity index (χ1v) is 7.63. The SMILES string of the molecule is O=C1C(=O)N(C2CC2)C(=O)N1CN1CCc2ccccc2C1. The molecular formula is C16H17N3O3. The van der Waals surface area contributed by atoms with Crippen LogP contribution in [0.25, 0.3) is 0 Å². The number of benzene rings is 1. The van der Waals surface area contributed by atoms with E-state index in [9.17, 15) is 14.4 Å². The molecule has 2 heterocycles. The summed E-state index contributed by atoms with van der Waals surface area (Å²) in [7, 11) is 0.